The molecule has 1 spiro atoms. The van der Waals surface area contributed by atoms with Crippen molar-refractivity contribution < 1.29 is 41.5 Å². The Balaban J connectivity index is 1.74. The van der Waals surface area contributed by atoms with Crippen molar-refractivity contribution in [1.82, 2.24) is 15.5 Å². The molecule has 9 nitrogen and oxygen atoms in total. The number of benzene rings is 2. The smallest absolute Gasteiger partial charge is 0.415 e. The van der Waals surface area contributed by atoms with E-state index in [1.54, 1.807) is 0 Å². The van der Waals surface area contributed by atoms with E-state index in [9.17, 15) is 36.7 Å². The maximum Gasteiger partial charge on any atom is 0.415 e. The summed E-state index contributed by atoms with van der Waals surface area (Å²) in [5.41, 5.74) is -0.283. The lowest BCUT2D eigenvalue weighted by atomic mass is 9.92. The van der Waals surface area contributed by atoms with E-state index in [0.717, 1.165) is 19.1 Å². The number of nitrogens with one attached hydrogen (secondary N) is 3. The molecule has 1 aliphatic carbocycles. The SMILES string of the molecule is CNC(=O)Nc1ccc2c(c1CC(=O)N(Cc1ccc(F)cc1)[C@@H](C)C(F)(F)F)CCC21OC(=O)NC1=O. The van der Waals surface area contributed by atoms with Crippen molar-refractivity contribution >= 4 is 29.6 Å². The summed E-state index contributed by atoms with van der Waals surface area (Å²) < 4.78 is 59.9. The molecule has 0 bridgehead atoms. The first-order valence-electron chi connectivity index (χ1n) is 11.6. The summed E-state index contributed by atoms with van der Waals surface area (Å²) in [5.74, 6) is -2.18. The fraction of sp³-hybridized carbons (Fsp3) is 0.360. The molecular weight excluding hydrogens is 512 g/mol. The van der Waals surface area contributed by atoms with E-state index in [2.05, 4.69) is 16.0 Å². The fourth-order valence-corrected chi connectivity index (χ4v) is 4.72. The molecule has 38 heavy (non-hydrogen) atoms. The molecule has 1 unspecified atom stereocenters. The first kappa shape index (κ1) is 26.9. The number of alkyl carbamates (subject to hydrolysis) is 1. The standard InChI is InChI=1S/C25H24F4N4O5/c1-13(25(27,28)29)33(12-14-3-5-15(26)6-4-14)20(34)11-17-16-9-10-24(21(35)32-23(37)38-24)18(16)7-8-19(17)31-22(36)30-2/h3-8,13H,9-12H2,1-2H3,(H2,30,31,36)(H,32,35,37)/t13-,24?/m0/s1. The zero-order valence-corrected chi connectivity index (χ0v) is 20.4. The highest BCUT2D eigenvalue weighted by atomic mass is 19.4. The van der Waals surface area contributed by atoms with Crippen LogP contribution in [0.5, 0.6) is 0 Å². The highest BCUT2D eigenvalue weighted by molar-refractivity contribution is 6.04. The Labute approximate surface area is 214 Å². The summed E-state index contributed by atoms with van der Waals surface area (Å²) in [7, 11) is 1.36. The lowest BCUT2D eigenvalue weighted by Gasteiger charge is -2.31. The summed E-state index contributed by atoms with van der Waals surface area (Å²) in [6, 6.07) is 4.80. The molecular formula is C25H24F4N4O5. The van der Waals surface area contributed by atoms with Crippen molar-refractivity contribution in [2.45, 2.75) is 50.6 Å². The molecule has 1 saturated heterocycles. The molecule has 13 heteroatoms. The number of amides is 5. The number of nitrogens with zero attached hydrogens (tertiary/aromatic N) is 1. The van der Waals surface area contributed by atoms with Crippen LogP contribution in [0.15, 0.2) is 36.4 Å². The molecule has 1 aliphatic heterocycles. The minimum atomic E-state index is -4.75. The van der Waals surface area contributed by atoms with Crippen molar-refractivity contribution in [3.05, 3.63) is 64.5 Å². The van der Waals surface area contributed by atoms with Gasteiger partial charge in [0, 0.05) is 31.3 Å². The minimum absolute atomic E-state index is 0.0583. The second kappa shape index (κ2) is 9.95. The molecule has 0 radical (unpaired) electrons. The van der Waals surface area contributed by atoms with Crippen molar-refractivity contribution in [1.29, 1.82) is 0 Å². The molecule has 4 rings (SSSR count). The summed E-state index contributed by atoms with van der Waals surface area (Å²) in [6.07, 6.45) is -6.03. The number of imide groups is 1. The Kier molecular flexibility index (Phi) is 7.04. The molecule has 0 aromatic heterocycles. The number of fused-ring (bicyclic) bond motifs is 2. The normalized spacial score (nSPS) is 19.0. The molecule has 0 saturated carbocycles. The number of hydrogen-bond acceptors (Lipinski definition) is 5. The zero-order valence-electron chi connectivity index (χ0n) is 20.4. The molecule has 1 heterocycles. The van der Waals surface area contributed by atoms with Gasteiger partial charge in [0.25, 0.3) is 5.91 Å². The van der Waals surface area contributed by atoms with Crippen LogP contribution in [0, 0.1) is 5.82 Å². The number of urea groups is 1. The van der Waals surface area contributed by atoms with Gasteiger partial charge in [-0.25, -0.2) is 14.0 Å². The van der Waals surface area contributed by atoms with Crippen LogP contribution in [-0.4, -0.2) is 48.1 Å². The first-order chi connectivity index (χ1) is 17.9. The summed E-state index contributed by atoms with van der Waals surface area (Å²) in [5, 5.41) is 7.00. The van der Waals surface area contributed by atoms with Crippen molar-refractivity contribution in [3.63, 3.8) is 0 Å². The van der Waals surface area contributed by atoms with Gasteiger partial charge in [0.05, 0.1) is 6.42 Å². The van der Waals surface area contributed by atoms with Gasteiger partial charge in [-0.1, -0.05) is 18.2 Å². The Morgan fingerprint density at radius 1 is 1.16 bits per heavy atom. The number of carbonyl (C=O) groups is 4. The predicted octanol–water partition coefficient (Wildman–Crippen LogP) is 3.51. The number of halogens is 4. The van der Waals surface area contributed by atoms with E-state index in [1.165, 1.54) is 31.3 Å². The Morgan fingerprint density at radius 3 is 2.42 bits per heavy atom. The van der Waals surface area contributed by atoms with E-state index in [-0.39, 0.29) is 29.7 Å². The van der Waals surface area contributed by atoms with E-state index >= 15 is 0 Å². The second-order valence-electron chi connectivity index (χ2n) is 9.04. The van der Waals surface area contributed by atoms with Crippen LogP contribution < -0.4 is 16.0 Å². The quantitative estimate of drug-likeness (QED) is 0.489. The molecule has 5 amide bonds. The highest BCUT2D eigenvalue weighted by Gasteiger charge is 2.55. The number of hydrogen-bond donors (Lipinski definition) is 3. The molecule has 2 atom stereocenters. The maximum absolute atomic E-state index is 13.7. The summed E-state index contributed by atoms with van der Waals surface area (Å²) >= 11 is 0. The number of ether oxygens (including phenoxy) is 1. The van der Waals surface area contributed by atoms with Gasteiger partial charge in [0.2, 0.25) is 11.5 Å². The maximum atomic E-state index is 13.7. The highest BCUT2D eigenvalue weighted by Crippen LogP contribution is 2.45. The van der Waals surface area contributed by atoms with Gasteiger partial charge in [-0.2, -0.15) is 13.2 Å². The van der Waals surface area contributed by atoms with Gasteiger partial charge in [-0.3, -0.25) is 14.9 Å². The summed E-state index contributed by atoms with van der Waals surface area (Å²) in [4.78, 5) is 50.5. The third kappa shape index (κ3) is 5.00. The number of alkyl halides is 3. The molecule has 2 aromatic rings. The van der Waals surface area contributed by atoms with E-state index < -0.39 is 60.5 Å². The van der Waals surface area contributed by atoms with Crippen LogP contribution in [0.3, 0.4) is 0 Å². The van der Waals surface area contributed by atoms with Gasteiger partial charge in [0.15, 0.2) is 0 Å². The van der Waals surface area contributed by atoms with Crippen LogP contribution in [0.4, 0.5) is 32.8 Å². The number of rotatable bonds is 6. The van der Waals surface area contributed by atoms with Crippen LogP contribution in [-0.2, 0) is 39.3 Å². The van der Waals surface area contributed by atoms with Gasteiger partial charge >= 0.3 is 18.3 Å². The third-order valence-corrected chi connectivity index (χ3v) is 6.77. The second-order valence-corrected chi connectivity index (χ2v) is 9.04. The van der Waals surface area contributed by atoms with Crippen LogP contribution >= 0.6 is 0 Å². The van der Waals surface area contributed by atoms with Crippen molar-refractivity contribution in [2.75, 3.05) is 12.4 Å². The van der Waals surface area contributed by atoms with Crippen LogP contribution in [0.2, 0.25) is 0 Å². The molecule has 202 valence electrons. The minimum Gasteiger partial charge on any atom is -0.427 e. The summed E-state index contributed by atoms with van der Waals surface area (Å²) in [6.45, 7) is 0.398. The Hall–Kier alpha value is -4.16. The van der Waals surface area contributed by atoms with Gasteiger partial charge < -0.3 is 20.3 Å². The largest absolute Gasteiger partial charge is 0.427 e. The lowest BCUT2D eigenvalue weighted by Crippen LogP contribution is -2.47. The lowest BCUT2D eigenvalue weighted by molar-refractivity contribution is -0.186. The van der Waals surface area contributed by atoms with Gasteiger partial charge in [-0.05, 0) is 48.2 Å². The van der Waals surface area contributed by atoms with E-state index in [0.29, 0.717) is 16.0 Å². The van der Waals surface area contributed by atoms with Crippen molar-refractivity contribution in [2.24, 2.45) is 0 Å². The molecule has 2 aromatic carbocycles. The average molecular weight is 536 g/mol. The molecule has 2 aliphatic rings. The van der Waals surface area contributed by atoms with E-state index in [4.69, 9.17) is 4.74 Å². The third-order valence-electron chi connectivity index (χ3n) is 6.77. The topological polar surface area (TPSA) is 117 Å². The van der Waals surface area contributed by atoms with Gasteiger partial charge in [-0.15, -0.1) is 0 Å². The fourth-order valence-electron chi connectivity index (χ4n) is 4.72. The molecule has 1 fully saturated rings. The van der Waals surface area contributed by atoms with Crippen LogP contribution in [0.25, 0.3) is 0 Å². The Morgan fingerprint density at radius 2 is 1.84 bits per heavy atom. The average Bonchev–Trinajstić information content (AvgIpc) is 3.37. The van der Waals surface area contributed by atoms with Crippen LogP contribution in [0.1, 0.15) is 35.6 Å². The number of carbonyl (C=O) groups excluding carboxylic acids is 4. The predicted molar refractivity (Wildman–Crippen MR) is 125 cm³/mol. The first-order valence-corrected chi connectivity index (χ1v) is 11.6. The number of anilines is 1. The monoisotopic (exact) mass is 536 g/mol. The zero-order chi connectivity index (χ0) is 27.8. The Bertz CT molecular complexity index is 1300. The van der Waals surface area contributed by atoms with Crippen molar-refractivity contribution in [3.8, 4) is 0 Å². The molecule has 3 N–H and O–H groups in total. The van der Waals surface area contributed by atoms with Gasteiger partial charge in [0.1, 0.15) is 11.9 Å². The van der Waals surface area contributed by atoms with E-state index in [1.807, 2.05) is 0 Å².